The van der Waals surface area contributed by atoms with E-state index < -0.39 is 0 Å². The molecule has 0 unspecified atom stereocenters. The zero-order valence-corrected chi connectivity index (χ0v) is 12.6. The molecule has 0 spiro atoms. The van der Waals surface area contributed by atoms with Gasteiger partial charge < -0.3 is 10.0 Å². The summed E-state index contributed by atoms with van der Waals surface area (Å²) in [5, 5.41) is 14.5. The Balaban J connectivity index is 1.92. The van der Waals surface area contributed by atoms with Gasteiger partial charge in [-0.15, -0.1) is 0 Å². The molecular weight excluding hydrogens is 295 g/mol. The van der Waals surface area contributed by atoms with Crippen LogP contribution in [0, 0.1) is 5.82 Å². The fourth-order valence-electron chi connectivity index (χ4n) is 3.19. The molecule has 4 rings (SSSR count). The summed E-state index contributed by atoms with van der Waals surface area (Å²) >= 11 is 0. The first-order chi connectivity index (χ1) is 11.3. The third kappa shape index (κ3) is 2.35. The SMILES string of the molecule is OCc1c(-c2ccc(F)cc2)nn2ccnc(N3CCCC3)c12. The smallest absolute Gasteiger partial charge is 0.155 e. The number of fused-ring (bicyclic) bond motifs is 1. The van der Waals surface area contributed by atoms with Crippen molar-refractivity contribution in [3.8, 4) is 11.3 Å². The van der Waals surface area contributed by atoms with Gasteiger partial charge in [0.05, 0.1) is 12.3 Å². The molecule has 1 aliphatic heterocycles. The minimum absolute atomic E-state index is 0.136. The van der Waals surface area contributed by atoms with Gasteiger partial charge in [-0.05, 0) is 37.1 Å². The molecule has 6 heteroatoms. The zero-order chi connectivity index (χ0) is 15.8. The highest BCUT2D eigenvalue weighted by Gasteiger charge is 2.22. The van der Waals surface area contributed by atoms with E-state index in [0.717, 1.165) is 48.4 Å². The highest BCUT2D eigenvalue weighted by Crippen LogP contribution is 2.32. The number of nitrogens with zero attached hydrogens (tertiary/aromatic N) is 4. The lowest BCUT2D eigenvalue weighted by atomic mass is 10.1. The third-order valence-corrected chi connectivity index (χ3v) is 4.31. The van der Waals surface area contributed by atoms with Crippen molar-refractivity contribution in [2.24, 2.45) is 0 Å². The number of aliphatic hydroxyl groups is 1. The van der Waals surface area contributed by atoms with Crippen LogP contribution in [0.3, 0.4) is 0 Å². The summed E-state index contributed by atoms with van der Waals surface area (Å²) in [6, 6.07) is 6.17. The van der Waals surface area contributed by atoms with Crippen molar-refractivity contribution in [1.82, 2.24) is 14.6 Å². The molecule has 118 valence electrons. The Kier molecular flexibility index (Phi) is 3.46. The highest BCUT2D eigenvalue weighted by atomic mass is 19.1. The molecule has 0 aliphatic carbocycles. The molecular formula is C17H17FN4O. The van der Waals surface area contributed by atoms with Crippen molar-refractivity contribution in [3.05, 3.63) is 48.0 Å². The van der Waals surface area contributed by atoms with E-state index in [0.29, 0.717) is 5.69 Å². The molecule has 2 aromatic heterocycles. The lowest BCUT2D eigenvalue weighted by Crippen LogP contribution is -2.20. The summed E-state index contributed by atoms with van der Waals surface area (Å²) in [5.41, 5.74) is 3.01. The van der Waals surface area contributed by atoms with E-state index in [1.54, 1.807) is 29.0 Å². The van der Waals surface area contributed by atoms with Crippen molar-refractivity contribution in [1.29, 1.82) is 0 Å². The number of anilines is 1. The number of hydrogen-bond donors (Lipinski definition) is 1. The molecule has 3 aromatic rings. The minimum Gasteiger partial charge on any atom is -0.392 e. The van der Waals surface area contributed by atoms with Crippen LogP contribution in [0.2, 0.25) is 0 Å². The maximum absolute atomic E-state index is 13.2. The van der Waals surface area contributed by atoms with Crippen molar-refractivity contribution < 1.29 is 9.50 Å². The Bertz CT molecular complexity index is 838. The summed E-state index contributed by atoms with van der Waals surface area (Å²) in [4.78, 5) is 6.74. The maximum atomic E-state index is 13.2. The Morgan fingerprint density at radius 3 is 2.57 bits per heavy atom. The van der Waals surface area contributed by atoms with Gasteiger partial charge in [-0.25, -0.2) is 13.9 Å². The van der Waals surface area contributed by atoms with E-state index in [1.807, 2.05) is 0 Å². The van der Waals surface area contributed by atoms with E-state index in [9.17, 15) is 9.50 Å². The Labute approximate surface area is 133 Å². The van der Waals surface area contributed by atoms with E-state index in [1.165, 1.54) is 12.1 Å². The quantitative estimate of drug-likeness (QED) is 0.808. The van der Waals surface area contributed by atoms with Gasteiger partial charge in [-0.3, -0.25) is 0 Å². The summed E-state index contributed by atoms with van der Waals surface area (Å²) in [6.45, 7) is 1.80. The predicted octanol–water partition coefficient (Wildman–Crippen LogP) is 2.63. The molecule has 1 aliphatic rings. The Hall–Kier alpha value is -2.47. The number of aliphatic hydroxyl groups excluding tert-OH is 1. The first-order valence-electron chi connectivity index (χ1n) is 7.76. The topological polar surface area (TPSA) is 53.7 Å². The number of aromatic nitrogens is 3. The average Bonchev–Trinajstić information content (AvgIpc) is 3.22. The van der Waals surface area contributed by atoms with Gasteiger partial charge in [0.2, 0.25) is 0 Å². The van der Waals surface area contributed by atoms with Crippen LogP contribution in [0.4, 0.5) is 10.2 Å². The van der Waals surface area contributed by atoms with Crippen LogP contribution in [0.25, 0.3) is 16.8 Å². The van der Waals surface area contributed by atoms with Gasteiger partial charge >= 0.3 is 0 Å². The Morgan fingerprint density at radius 1 is 1.13 bits per heavy atom. The fraction of sp³-hybridized carbons (Fsp3) is 0.294. The summed E-state index contributed by atoms with van der Waals surface area (Å²) in [7, 11) is 0. The van der Waals surface area contributed by atoms with Gasteiger partial charge in [0.15, 0.2) is 5.82 Å². The van der Waals surface area contributed by atoms with E-state index in [-0.39, 0.29) is 12.4 Å². The van der Waals surface area contributed by atoms with Crippen LogP contribution >= 0.6 is 0 Å². The van der Waals surface area contributed by atoms with Gasteiger partial charge in [-0.2, -0.15) is 5.10 Å². The number of benzene rings is 1. The van der Waals surface area contributed by atoms with Crippen LogP contribution in [-0.2, 0) is 6.61 Å². The molecule has 1 saturated heterocycles. The lowest BCUT2D eigenvalue weighted by molar-refractivity contribution is 0.284. The van der Waals surface area contributed by atoms with Crippen LogP contribution < -0.4 is 4.90 Å². The number of hydrogen-bond acceptors (Lipinski definition) is 4. The van der Waals surface area contributed by atoms with Gasteiger partial charge in [0.25, 0.3) is 0 Å². The highest BCUT2D eigenvalue weighted by molar-refractivity contribution is 5.81. The van der Waals surface area contributed by atoms with Crippen LogP contribution in [0.1, 0.15) is 18.4 Å². The molecule has 5 nitrogen and oxygen atoms in total. The summed E-state index contributed by atoms with van der Waals surface area (Å²) < 4.78 is 14.9. The fourth-order valence-corrected chi connectivity index (χ4v) is 3.19. The Morgan fingerprint density at radius 2 is 1.87 bits per heavy atom. The maximum Gasteiger partial charge on any atom is 0.155 e. The zero-order valence-electron chi connectivity index (χ0n) is 12.6. The van der Waals surface area contributed by atoms with Crippen LogP contribution in [0.5, 0.6) is 0 Å². The van der Waals surface area contributed by atoms with Gasteiger partial charge in [0, 0.05) is 36.6 Å². The van der Waals surface area contributed by atoms with Gasteiger partial charge in [0.1, 0.15) is 11.3 Å². The number of halogens is 1. The van der Waals surface area contributed by atoms with Crippen molar-refractivity contribution in [3.63, 3.8) is 0 Å². The molecule has 0 saturated carbocycles. The first kappa shape index (κ1) is 14.1. The molecule has 3 heterocycles. The van der Waals surface area contributed by atoms with Gasteiger partial charge in [-0.1, -0.05) is 0 Å². The largest absolute Gasteiger partial charge is 0.392 e. The molecule has 1 aromatic carbocycles. The third-order valence-electron chi connectivity index (χ3n) is 4.31. The molecule has 0 radical (unpaired) electrons. The van der Waals surface area contributed by atoms with Crippen molar-refractivity contribution in [2.75, 3.05) is 18.0 Å². The standard InChI is InChI=1S/C17H17FN4O/c18-13-5-3-12(4-6-13)15-14(11-23)16-17(21-8-1-2-9-21)19-7-10-22(16)20-15/h3-7,10,23H,1-2,8-9,11H2. The molecule has 0 amide bonds. The van der Waals surface area contributed by atoms with Crippen LogP contribution in [-0.4, -0.2) is 32.8 Å². The average molecular weight is 312 g/mol. The number of rotatable bonds is 3. The van der Waals surface area contributed by atoms with Crippen molar-refractivity contribution in [2.45, 2.75) is 19.4 Å². The second-order valence-corrected chi connectivity index (χ2v) is 5.73. The minimum atomic E-state index is -0.289. The van der Waals surface area contributed by atoms with E-state index in [4.69, 9.17) is 0 Å². The molecule has 1 N–H and O–H groups in total. The monoisotopic (exact) mass is 312 g/mol. The molecule has 23 heavy (non-hydrogen) atoms. The van der Waals surface area contributed by atoms with Crippen LogP contribution in [0.15, 0.2) is 36.7 Å². The summed E-state index contributed by atoms with van der Waals surface area (Å²) in [5.74, 6) is 0.567. The normalized spacial score (nSPS) is 14.8. The van der Waals surface area contributed by atoms with E-state index in [2.05, 4.69) is 15.0 Å². The van der Waals surface area contributed by atoms with E-state index >= 15 is 0 Å². The second kappa shape index (κ2) is 5.62. The molecule has 0 atom stereocenters. The molecule has 0 bridgehead atoms. The predicted molar refractivity (Wildman–Crippen MR) is 85.8 cm³/mol. The molecule has 1 fully saturated rings. The summed E-state index contributed by atoms with van der Waals surface area (Å²) in [6.07, 6.45) is 5.80. The second-order valence-electron chi connectivity index (χ2n) is 5.73. The lowest BCUT2D eigenvalue weighted by Gasteiger charge is -2.17. The first-order valence-corrected chi connectivity index (χ1v) is 7.76. The van der Waals surface area contributed by atoms with Crippen molar-refractivity contribution >= 4 is 11.3 Å².